The van der Waals surface area contributed by atoms with Crippen LogP contribution in [0.15, 0.2) is 30.5 Å². The van der Waals surface area contributed by atoms with Crippen molar-refractivity contribution in [2.24, 2.45) is 0 Å². The number of methoxy groups -OCH3 is 1. The molecule has 0 radical (unpaired) electrons. The van der Waals surface area contributed by atoms with E-state index in [1.165, 1.54) is 6.20 Å². The summed E-state index contributed by atoms with van der Waals surface area (Å²) < 4.78 is 5.17. The number of nitrogen functional groups attached to an aromatic ring is 1. The fraction of sp³-hybridized carbons (Fsp3) is 0.312. The van der Waals surface area contributed by atoms with Crippen LogP contribution in [0.1, 0.15) is 31.1 Å². The van der Waals surface area contributed by atoms with Gasteiger partial charge in [-0.25, -0.2) is 9.97 Å². The third kappa shape index (κ3) is 3.72. The molecule has 0 aliphatic heterocycles. The highest BCUT2D eigenvalue weighted by atomic mass is 16.5. The summed E-state index contributed by atoms with van der Waals surface area (Å²) in [5.41, 5.74) is 6.59. The fourth-order valence-corrected chi connectivity index (χ4v) is 1.88. The minimum absolute atomic E-state index is 0.148. The third-order valence-corrected chi connectivity index (χ3v) is 2.88. The molecule has 0 saturated heterocycles. The average Bonchev–Trinajstić information content (AvgIpc) is 2.45. The first-order chi connectivity index (χ1) is 10.3. The number of hydrogen-bond acceptors (Lipinski definition) is 5. The van der Waals surface area contributed by atoms with Gasteiger partial charge in [-0.3, -0.25) is 4.79 Å². The van der Waals surface area contributed by atoms with Gasteiger partial charge in [-0.1, -0.05) is 12.1 Å². The number of carbonyl (C=O) groups is 1. The van der Waals surface area contributed by atoms with Gasteiger partial charge in [0.1, 0.15) is 11.6 Å². The number of nitrogens with zero attached hydrogens (tertiary/aromatic N) is 2. The Bertz CT molecular complexity index is 693. The first-order valence-electron chi connectivity index (χ1n) is 6.89. The van der Waals surface area contributed by atoms with E-state index in [1.807, 2.05) is 45.0 Å². The topological polar surface area (TPSA) is 90.1 Å². The van der Waals surface area contributed by atoms with E-state index in [0.29, 0.717) is 11.6 Å². The highest BCUT2D eigenvalue weighted by Gasteiger charge is 2.19. The van der Waals surface area contributed by atoms with Crippen LogP contribution >= 0.6 is 0 Å². The minimum Gasteiger partial charge on any atom is -0.497 e. The van der Waals surface area contributed by atoms with Gasteiger partial charge in [-0.05, 0) is 32.9 Å². The molecule has 2 aromatic rings. The van der Waals surface area contributed by atoms with Crippen molar-refractivity contribution in [3.63, 3.8) is 0 Å². The number of nitrogens with one attached hydrogen (secondary N) is 1. The van der Waals surface area contributed by atoms with E-state index in [4.69, 9.17) is 10.5 Å². The van der Waals surface area contributed by atoms with Crippen LogP contribution in [-0.2, 0) is 0 Å². The summed E-state index contributed by atoms with van der Waals surface area (Å²) in [6.07, 6.45) is 1.44. The summed E-state index contributed by atoms with van der Waals surface area (Å²) in [7, 11) is 1.59. The summed E-state index contributed by atoms with van der Waals surface area (Å²) in [4.78, 5) is 20.6. The number of anilines is 1. The van der Waals surface area contributed by atoms with Crippen LogP contribution in [0.4, 0.5) is 5.82 Å². The molecule has 0 spiro atoms. The summed E-state index contributed by atoms with van der Waals surface area (Å²) in [6, 6.07) is 7.34. The molecule has 0 unspecified atom stereocenters. The normalized spacial score (nSPS) is 11.1. The van der Waals surface area contributed by atoms with Gasteiger partial charge in [0.25, 0.3) is 5.91 Å². The van der Waals surface area contributed by atoms with Crippen LogP contribution in [0.3, 0.4) is 0 Å². The van der Waals surface area contributed by atoms with Crippen LogP contribution in [0.25, 0.3) is 11.4 Å². The lowest BCUT2D eigenvalue weighted by molar-refractivity contribution is 0.0920. The predicted molar refractivity (Wildman–Crippen MR) is 85.7 cm³/mol. The van der Waals surface area contributed by atoms with E-state index in [-0.39, 0.29) is 22.8 Å². The van der Waals surface area contributed by atoms with Gasteiger partial charge in [0.2, 0.25) is 0 Å². The van der Waals surface area contributed by atoms with E-state index in [0.717, 1.165) is 5.56 Å². The Morgan fingerprint density at radius 3 is 2.64 bits per heavy atom. The first kappa shape index (κ1) is 15.8. The lowest BCUT2D eigenvalue weighted by Crippen LogP contribution is -2.41. The zero-order valence-corrected chi connectivity index (χ0v) is 13.2. The van der Waals surface area contributed by atoms with Gasteiger partial charge in [-0.2, -0.15) is 0 Å². The number of nitrogens with two attached hydrogens (primary N) is 1. The van der Waals surface area contributed by atoms with Gasteiger partial charge in [0.15, 0.2) is 5.82 Å². The average molecular weight is 300 g/mol. The van der Waals surface area contributed by atoms with E-state index < -0.39 is 0 Å². The number of hydrogen-bond donors (Lipinski definition) is 2. The molecule has 116 valence electrons. The number of ether oxygens (including phenoxy) is 1. The zero-order chi connectivity index (χ0) is 16.3. The van der Waals surface area contributed by atoms with Gasteiger partial charge in [0.05, 0.1) is 12.7 Å². The number of amides is 1. The van der Waals surface area contributed by atoms with Gasteiger partial charge in [-0.15, -0.1) is 0 Å². The Morgan fingerprint density at radius 1 is 1.32 bits per heavy atom. The van der Waals surface area contributed by atoms with Crippen LogP contribution in [-0.4, -0.2) is 28.5 Å². The van der Waals surface area contributed by atoms with Gasteiger partial charge in [0, 0.05) is 17.3 Å². The molecule has 6 nitrogen and oxygen atoms in total. The molecule has 6 heteroatoms. The third-order valence-electron chi connectivity index (χ3n) is 2.88. The lowest BCUT2D eigenvalue weighted by atomic mass is 10.1. The van der Waals surface area contributed by atoms with E-state index in [1.54, 1.807) is 7.11 Å². The SMILES string of the molecule is COc1cccc(-c2ncc(C(=O)NC(C)(C)C)c(N)n2)c1. The zero-order valence-electron chi connectivity index (χ0n) is 13.2. The highest BCUT2D eigenvalue weighted by Crippen LogP contribution is 2.22. The van der Waals surface area contributed by atoms with Crippen LogP contribution in [0.2, 0.25) is 0 Å². The largest absolute Gasteiger partial charge is 0.497 e. The number of aromatic nitrogens is 2. The molecule has 3 N–H and O–H groups in total. The Balaban J connectivity index is 2.31. The van der Waals surface area contributed by atoms with Crippen molar-refractivity contribution in [3.05, 3.63) is 36.0 Å². The second-order valence-corrected chi connectivity index (χ2v) is 5.93. The predicted octanol–water partition coefficient (Wildman–Crippen LogP) is 2.26. The smallest absolute Gasteiger partial charge is 0.257 e. The fourth-order valence-electron chi connectivity index (χ4n) is 1.88. The maximum Gasteiger partial charge on any atom is 0.257 e. The molecule has 0 atom stereocenters. The van der Waals surface area contributed by atoms with E-state index in [2.05, 4.69) is 15.3 Å². The molecule has 0 aliphatic carbocycles. The van der Waals surface area contributed by atoms with Gasteiger partial charge >= 0.3 is 0 Å². The van der Waals surface area contributed by atoms with Crippen molar-refractivity contribution in [1.29, 1.82) is 0 Å². The second kappa shape index (κ2) is 6.01. The van der Waals surface area contributed by atoms with Gasteiger partial charge < -0.3 is 15.8 Å². The minimum atomic E-state index is -0.352. The highest BCUT2D eigenvalue weighted by molar-refractivity contribution is 5.98. The molecule has 1 heterocycles. The monoisotopic (exact) mass is 300 g/mol. The molecular formula is C16H20N4O2. The summed E-state index contributed by atoms with van der Waals surface area (Å²) in [6.45, 7) is 5.69. The molecule has 0 fully saturated rings. The molecular weight excluding hydrogens is 280 g/mol. The summed E-state index contributed by atoms with van der Waals surface area (Å²) in [5.74, 6) is 1.01. The van der Waals surface area contributed by atoms with Crippen molar-refractivity contribution in [2.75, 3.05) is 12.8 Å². The molecule has 0 aliphatic rings. The van der Waals surface area contributed by atoms with Crippen molar-refractivity contribution in [1.82, 2.24) is 15.3 Å². The Kier molecular flexibility index (Phi) is 4.30. The number of carbonyl (C=O) groups excluding carboxylic acids is 1. The number of benzene rings is 1. The van der Waals surface area contributed by atoms with Crippen molar-refractivity contribution in [2.45, 2.75) is 26.3 Å². The second-order valence-electron chi connectivity index (χ2n) is 5.93. The summed E-state index contributed by atoms with van der Waals surface area (Å²) >= 11 is 0. The summed E-state index contributed by atoms with van der Waals surface area (Å²) in [5, 5.41) is 2.83. The molecule has 0 bridgehead atoms. The standard InChI is InChI=1S/C16H20N4O2/c1-16(2,3)20-15(21)12-9-18-14(19-13(12)17)10-6-5-7-11(8-10)22-4/h5-9H,1-4H3,(H,20,21)(H2,17,18,19). The quantitative estimate of drug-likeness (QED) is 0.907. The Labute approximate surface area is 129 Å². The van der Waals surface area contributed by atoms with E-state index >= 15 is 0 Å². The first-order valence-corrected chi connectivity index (χ1v) is 6.89. The molecule has 22 heavy (non-hydrogen) atoms. The Morgan fingerprint density at radius 2 is 2.05 bits per heavy atom. The van der Waals surface area contributed by atoms with Crippen molar-refractivity contribution >= 4 is 11.7 Å². The molecule has 2 rings (SSSR count). The molecule has 1 amide bonds. The van der Waals surface area contributed by atoms with Crippen LogP contribution < -0.4 is 15.8 Å². The van der Waals surface area contributed by atoms with Crippen LogP contribution in [0.5, 0.6) is 5.75 Å². The van der Waals surface area contributed by atoms with Crippen molar-refractivity contribution in [3.8, 4) is 17.1 Å². The molecule has 1 aromatic carbocycles. The number of rotatable bonds is 3. The Hall–Kier alpha value is -2.63. The molecule has 0 saturated carbocycles. The van der Waals surface area contributed by atoms with Crippen molar-refractivity contribution < 1.29 is 9.53 Å². The maximum atomic E-state index is 12.1. The maximum absolute atomic E-state index is 12.1. The lowest BCUT2D eigenvalue weighted by Gasteiger charge is -2.20. The van der Waals surface area contributed by atoms with E-state index in [9.17, 15) is 4.79 Å². The molecule has 1 aromatic heterocycles. The van der Waals surface area contributed by atoms with Crippen LogP contribution in [0, 0.1) is 0 Å².